The largest absolute Gasteiger partial charge is 0.479 e. The summed E-state index contributed by atoms with van der Waals surface area (Å²) in [4.78, 5) is 19.0. The van der Waals surface area contributed by atoms with Gasteiger partial charge in [0, 0.05) is 18.3 Å². The predicted molar refractivity (Wildman–Crippen MR) is 132 cm³/mol. The normalized spacial score (nSPS) is 15.1. The van der Waals surface area contributed by atoms with E-state index in [1.54, 1.807) is 13.4 Å². The van der Waals surface area contributed by atoms with Gasteiger partial charge in [0.25, 0.3) is 0 Å². The molecule has 0 saturated heterocycles. The molecule has 0 saturated carbocycles. The lowest BCUT2D eigenvalue weighted by Crippen LogP contribution is -2.18. The van der Waals surface area contributed by atoms with Gasteiger partial charge in [0.1, 0.15) is 17.2 Å². The number of aryl methyl sites for hydroxylation is 2. The highest BCUT2D eigenvalue weighted by Crippen LogP contribution is 2.34. The summed E-state index contributed by atoms with van der Waals surface area (Å²) in [5.74, 6) is 2.11. The second-order valence-corrected chi connectivity index (χ2v) is 8.67. The number of aromatic nitrogens is 7. The van der Waals surface area contributed by atoms with Gasteiger partial charge in [-0.3, -0.25) is 4.98 Å². The van der Waals surface area contributed by atoms with Gasteiger partial charge < -0.3 is 9.30 Å². The fourth-order valence-corrected chi connectivity index (χ4v) is 4.61. The monoisotopic (exact) mass is 463 g/mol. The Kier molecular flexibility index (Phi) is 5.33. The van der Waals surface area contributed by atoms with Crippen molar-refractivity contribution in [2.45, 2.75) is 32.2 Å². The third-order valence-electron chi connectivity index (χ3n) is 6.32. The molecule has 4 aromatic heterocycles. The van der Waals surface area contributed by atoms with E-state index in [4.69, 9.17) is 24.8 Å². The quantitative estimate of drug-likeness (QED) is 0.371. The highest BCUT2D eigenvalue weighted by Gasteiger charge is 2.28. The first kappa shape index (κ1) is 21.2. The fourth-order valence-electron chi connectivity index (χ4n) is 4.61. The molecule has 0 aliphatic carbocycles. The molecular weight excluding hydrogens is 438 g/mol. The summed E-state index contributed by atoms with van der Waals surface area (Å²) in [6, 6.07) is 20.4. The van der Waals surface area contributed by atoms with Crippen molar-refractivity contribution in [3.05, 3.63) is 90.4 Å². The van der Waals surface area contributed by atoms with E-state index in [0.717, 1.165) is 53.5 Å². The number of nitrogens with zero attached hydrogens (tertiary/aromatic N) is 7. The lowest BCUT2D eigenvalue weighted by molar-refractivity contribution is 0.396. The van der Waals surface area contributed by atoms with Crippen LogP contribution in [0.1, 0.15) is 36.0 Å². The number of imidazole rings is 1. The summed E-state index contributed by atoms with van der Waals surface area (Å²) in [6.07, 6.45) is 5.70. The minimum atomic E-state index is 0.0868. The highest BCUT2D eigenvalue weighted by molar-refractivity contribution is 5.59. The predicted octanol–water partition coefficient (Wildman–Crippen LogP) is 4.83. The molecule has 8 nitrogen and oxygen atoms in total. The number of methoxy groups -OCH3 is 1. The molecule has 0 amide bonds. The van der Waals surface area contributed by atoms with Gasteiger partial charge in [0.2, 0.25) is 5.88 Å². The minimum absolute atomic E-state index is 0.0868. The Hall–Kier alpha value is -4.33. The topological polar surface area (TPSA) is 83.5 Å². The van der Waals surface area contributed by atoms with E-state index in [0.29, 0.717) is 17.4 Å². The Morgan fingerprint density at radius 2 is 1.80 bits per heavy atom. The molecule has 0 fully saturated rings. The van der Waals surface area contributed by atoms with E-state index >= 15 is 0 Å². The molecule has 0 N–H and O–H groups in total. The third-order valence-corrected chi connectivity index (χ3v) is 6.32. The van der Waals surface area contributed by atoms with Crippen LogP contribution in [-0.2, 0) is 6.54 Å². The molecule has 1 atom stereocenters. The summed E-state index contributed by atoms with van der Waals surface area (Å²) in [5.41, 5.74) is 5.52. The maximum absolute atomic E-state index is 5.59. The maximum atomic E-state index is 5.59. The zero-order valence-corrected chi connectivity index (χ0v) is 19.7. The molecule has 0 spiro atoms. The summed E-state index contributed by atoms with van der Waals surface area (Å²) in [6.45, 7) is 2.78. The first-order valence-electron chi connectivity index (χ1n) is 11.7. The molecule has 5 aromatic rings. The van der Waals surface area contributed by atoms with Crippen molar-refractivity contribution in [3.63, 3.8) is 0 Å². The summed E-state index contributed by atoms with van der Waals surface area (Å²) in [5, 5.41) is 4.80. The van der Waals surface area contributed by atoms with Crippen LogP contribution in [-0.4, -0.2) is 41.4 Å². The second-order valence-electron chi connectivity index (χ2n) is 8.67. The first-order chi connectivity index (χ1) is 17.2. The van der Waals surface area contributed by atoms with Crippen LogP contribution >= 0.6 is 0 Å². The molecule has 1 aliphatic heterocycles. The van der Waals surface area contributed by atoms with Gasteiger partial charge in [-0.2, -0.15) is 0 Å². The van der Waals surface area contributed by atoms with E-state index in [1.807, 2.05) is 52.7 Å². The van der Waals surface area contributed by atoms with Gasteiger partial charge in [-0.25, -0.2) is 19.6 Å². The highest BCUT2D eigenvalue weighted by atomic mass is 16.5. The van der Waals surface area contributed by atoms with Crippen LogP contribution in [0.25, 0.3) is 28.5 Å². The van der Waals surface area contributed by atoms with Gasteiger partial charge in [-0.05, 0) is 44.0 Å². The van der Waals surface area contributed by atoms with Gasteiger partial charge in [0.05, 0.1) is 36.4 Å². The molecule has 1 aliphatic rings. The number of hydrogen-bond acceptors (Lipinski definition) is 6. The molecule has 174 valence electrons. The molecule has 0 unspecified atom stereocenters. The Morgan fingerprint density at radius 3 is 2.60 bits per heavy atom. The standard InChI is InChI=1S/C27H25N7O/c1-18-16-33(17-28-18)24-14-13-23(30-27(24)35-2)25-31-26-20(10-7-15-34(26)32-25)22-12-6-11-21(29-22)19-8-4-3-5-9-19/h3-6,8-9,11-14,16-17,20H,7,10,15H2,1-2H3/t20-/m0/s1. The Labute approximate surface area is 203 Å². The lowest BCUT2D eigenvalue weighted by Gasteiger charge is -2.22. The van der Waals surface area contributed by atoms with Crippen LogP contribution in [0.15, 0.2) is 73.2 Å². The van der Waals surface area contributed by atoms with Crippen LogP contribution in [0.2, 0.25) is 0 Å². The third kappa shape index (κ3) is 3.97. The van der Waals surface area contributed by atoms with Gasteiger partial charge in [0.15, 0.2) is 5.82 Å². The van der Waals surface area contributed by atoms with Gasteiger partial charge in [-0.15, -0.1) is 5.10 Å². The van der Waals surface area contributed by atoms with Crippen molar-refractivity contribution in [1.29, 1.82) is 0 Å². The summed E-state index contributed by atoms with van der Waals surface area (Å²) in [7, 11) is 1.62. The number of fused-ring (bicyclic) bond motifs is 1. The molecule has 8 heteroatoms. The summed E-state index contributed by atoms with van der Waals surface area (Å²) < 4.78 is 9.49. The van der Waals surface area contributed by atoms with Crippen molar-refractivity contribution in [3.8, 4) is 34.3 Å². The number of pyridine rings is 2. The number of ether oxygens (including phenoxy) is 1. The first-order valence-corrected chi connectivity index (χ1v) is 11.7. The molecule has 1 aromatic carbocycles. The van der Waals surface area contributed by atoms with Crippen molar-refractivity contribution >= 4 is 0 Å². The zero-order chi connectivity index (χ0) is 23.8. The maximum Gasteiger partial charge on any atom is 0.238 e. The zero-order valence-electron chi connectivity index (χ0n) is 19.7. The van der Waals surface area contributed by atoms with E-state index < -0.39 is 0 Å². The van der Waals surface area contributed by atoms with Crippen LogP contribution in [0.5, 0.6) is 5.88 Å². The van der Waals surface area contributed by atoms with E-state index in [2.05, 4.69) is 35.3 Å². The van der Waals surface area contributed by atoms with Crippen LogP contribution in [0, 0.1) is 6.92 Å². The van der Waals surface area contributed by atoms with E-state index in [1.165, 1.54) is 0 Å². The van der Waals surface area contributed by atoms with Crippen LogP contribution in [0.3, 0.4) is 0 Å². The average Bonchev–Trinajstić information content (AvgIpc) is 3.55. The Bertz CT molecular complexity index is 1490. The Morgan fingerprint density at radius 1 is 0.914 bits per heavy atom. The van der Waals surface area contributed by atoms with Gasteiger partial charge in [-0.1, -0.05) is 36.4 Å². The Balaban J connectivity index is 1.35. The number of benzene rings is 1. The molecular formula is C27H25N7O. The number of hydrogen-bond donors (Lipinski definition) is 0. The van der Waals surface area contributed by atoms with Crippen molar-refractivity contribution < 1.29 is 4.74 Å². The summed E-state index contributed by atoms with van der Waals surface area (Å²) >= 11 is 0. The number of rotatable bonds is 5. The molecule has 6 rings (SSSR count). The molecule has 35 heavy (non-hydrogen) atoms. The molecule has 0 bridgehead atoms. The van der Waals surface area contributed by atoms with Gasteiger partial charge >= 0.3 is 0 Å². The van der Waals surface area contributed by atoms with Crippen LogP contribution in [0.4, 0.5) is 0 Å². The molecule has 5 heterocycles. The van der Waals surface area contributed by atoms with Crippen molar-refractivity contribution in [2.24, 2.45) is 0 Å². The fraction of sp³-hybridized carbons (Fsp3) is 0.222. The van der Waals surface area contributed by atoms with E-state index in [-0.39, 0.29) is 5.92 Å². The average molecular weight is 464 g/mol. The van der Waals surface area contributed by atoms with Crippen molar-refractivity contribution in [2.75, 3.05) is 7.11 Å². The SMILES string of the molecule is COc1nc(-c2nc3n(n2)CCC[C@H]3c2cccc(-c3ccccc3)n2)ccc1-n1cnc(C)c1. The van der Waals surface area contributed by atoms with Crippen LogP contribution < -0.4 is 4.74 Å². The second kappa shape index (κ2) is 8.79. The molecule has 0 radical (unpaired) electrons. The minimum Gasteiger partial charge on any atom is -0.479 e. The van der Waals surface area contributed by atoms with Crippen molar-refractivity contribution in [1.82, 2.24) is 34.3 Å². The lowest BCUT2D eigenvalue weighted by atomic mass is 9.94. The van der Waals surface area contributed by atoms with E-state index in [9.17, 15) is 0 Å². The smallest absolute Gasteiger partial charge is 0.238 e.